The number of fused-ring (bicyclic) bond motifs is 1. The van der Waals surface area contributed by atoms with Crippen LogP contribution in [0.25, 0.3) is 10.9 Å². The molecule has 29 heavy (non-hydrogen) atoms. The van der Waals surface area contributed by atoms with Gasteiger partial charge in [0.2, 0.25) is 5.91 Å². The molecule has 1 aliphatic rings. The molecule has 0 aliphatic carbocycles. The summed E-state index contributed by atoms with van der Waals surface area (Å²) < 4.78 is 12.5. The van der Waals surface area contributed by atoms with E-state index in [0.717, 1.165) is 0 Å². The highest BCUT2D eigenvalue weighted by molar-refractivity contribution is 7.99. The number of hydrogen-bond acceptors (Lipinski definition) is 6. The average Bonchev–Trinajstić information content (AvgIpc) is 2.71. The summed E-state index contributed by atoms with van der Waals surface area (Å²) in [5, 5.41) is 1.56. The third kappa shape index (κ3) is 5.94. The maximum atomic E-state index is 13.0. The van der Waals surface area contributed by atoms with Crippen LogP contribution >= 0.6 is 23.4 Å². The van der Waals surface area contributed by atoms with E-state index in [4.69, 9.17) is 21.1 Å². The number of thioether (sulfide) groups is 1. The van der Waals surface area contributed by atoms with E-state index in [-0.39, 0.29) is 23.3 Å². The van der Waals surface area contributed by atoms with E-state index in [1.165, 1.54) is 11.8 Å². The van der Waals surface area contributed by atoms with Gasteiger partial charge in [-0.1, -0.05) is 23.4 Å². The Morgan fingerprint density at radius 3 is 2.83 bits per heavy atom. The van der Waals surface area contributed by atoms with Crippen molar-refractivity contribution >= 4 is 40.2 Å². The number of halogens is 1. The van der Waals surface area contributed by atoms with Gasteiger partial charge in [0.05, 0.1) is 36.0 Å². The molecule has 1 aromatic carbocycles. The van der Waals surface area contributed by atoms with Crippen molar-refractivity contribution in [1.82, 2.24) is 14.5 Å². The van der Waals surface area contributed by atoms with Crippen molar-refractivity contribution in [2.45, 2.75) is 38.1 Å². The van der Waals surface area contributed by atoms with Crippen LogP contribution < -0.4 is 5.56 Å². The lowest BCUT2D eigenvalue weighted by Crippen LogP contribution is -2.41. The second kappa shape index (κ2) is 10.4. The van der Waals surface area contributed by atoms with Crippen molar-refractivity contribution < 1.29 is 14.3 Å². The fourth-order valence-electron chi connectivity index (χ4n) is 3.05. The monoisotopic (exact) mass is 439 g/mol. The Hall–Kier alpha value is -1.61. The van der Waals surface area contributed by atoms with Gasteiger partial charge in [-0.15, -0.1) is 0 Å². The van der Waals surface area contributed by atoms with Crippen molar-refractivity contribution in [3.8, 4) is 0 Å². The first kappa shape index (κ1) is 22.1. The van der Waals surface area contributed by atoms with Gasteiger partial charge < -0.3 is 14.4 Å². The summed E-state index contributed by atoms with van der Waals surface area (Å²) in [7, 11) is 0. The number of aromatic nitrogens is 2. The van der Waals surface area contributed by atoms with E-state index in [1.54, 1.807) is 27.7 Å². The Kier molecular flexibility index (Phi) is 7.94. The molecule has 0 N–H and O–H groups in total. The molecular formula is C20H26ClN3O4S. The van der Waals surface area contributed by atoms with E-state index < -0.39 is 0 Å². The fraction of sp³-hybridized carbons (Fsp3) is 0.550. The fourth-order valence-corrected chi connectivity index (χ4v) is 4.15. The van der Waals surface area contributed by atoms with Gasteiger partial charge >= 0.3 is 0 Å². The highest BCUT2D eigenvalue weighted by Crippen LogP contribution is 2.21. The first-order chi connectivity index (χ1) is 14.0. The van der Waals surface area contributed by atoms with Gasteiger partial charge in [-0.2, -0.15) is 0 Å². The highest BCUT2D eigenvalue weighted by Gasteiger charge is 2.19. The smallest absolute Gasteiger partial charge is 0.262 e. The van der Waals surface area contributed by atoms with Gasteiger partial charge in [0.15, 0.2) is 5.16 Å². The molecule has 1 aliphatic heterocycles. The number of carbonyl (C=O) groups excluding carboxylic acids is 1. The van der Waals surface area contributed by atoms with Gasteiger partial charge in [-0.25, -0.2) is 4.98 Å². The zero-order valence-electron chi connectivity index (χ0n) is 16.7. The van der Waals surface area contributed by atoms with Crippen LogP contribution in [0.2, 0.25) is 5.02 Å². The van der Waals surface area contributed by atoms with Crippen molar-refractivity contribution in [3.63, 3.8) is 0 Å². The van der Waals surface area contributed by atoms with Gasteiger partial charge in [-0.05, 0) is 38.5 Å². The summed E-state index contributed by atoms with van der Waals surface area (Å²) in [5.41, 5.74) is 0.413. The van der Waals surface area contributed by atoms with Crippen LogP contribution in [0.1, 0.15) is 20.3 Å². The summed E-state index contributed by atoms with van der Waals surface area (Å²) in [5.74, 6) is 0.245. The first-order valence-electron chi connectivity index (χ1n) is 9.75. The molecule has 0 bridgehead atoms. The van der Waals surface area contributed by atoms with Crippen molar-refractivity contribution in [1.29, 1.82) is 0 Å². The minimum atomic E-state index is -0.127. The molecular weight excluding hydrogens is 414 g/mol. The molecule has 158 valence electrons. The number of nitrogens with zero attached hydrogens (tertiary/aromatic N) is 3. The number of benzene rings is 1. The first-order valence-corrected chi connectivity index (χ1v) is 11.1. The standard InChI is InChI=1S/C20H26ClN3O4S/c1-14(2)28-9-3-6-24-19(26)16-5-4-15(21)12-17(16)22-20(24)29-13-18(25)23-7-10-27-11-8-23/h4-5,12,14H,3,6-11,13H2,1-2H3. The van der Waals surface area contributed by atoms with E-state index in [9.17, 15) is 9.59 Å². The molecule has 3 rings (SSSR count). The van der Waals surface area contributed by atoms with E-state index >= 15 is 0 Å². The lowest BCUT2D eigenvalue weighted by atomic mass is 10.2. The lowest BCUT2D eigenvalue weighted by Gasteiger charge is -2.26. The second-order valence-electron chi connectivity index (χ2n) is 7.07. The number of amides is 1. The molecule has 9 heteroatoms. The third-order valence-corrected chi connectivity index (χ3v) is 5.74. The van der Waals surface area contributed by atoms with Crippen LogP contribution in [0.3, 0.4) is 0 Å². The summed E-state index contributed by atoms with van der Waals surface area (Å²) in [6.07, 6.45) is 0.827. The quantitative estimate of drug-likeness (QED) is 0.357. The lowest BCUT2D eigenvalue weighted by molar-refractivity contribution is -0.132. The average molecular weight is 440 g/mol. The number of carbonyl (C=O) groups is 1. The minimum absolute atomic E-state index is 0.0217. The number of rotatable bonds is 8. The number of morpholine rings is 1. The van der Waals surface area contributed by atoms with Crippen LogP contribution in [0, 0.1) is 0 Å². The maximum absolute atomic E-state index is 13.0. The van der Waals surface area contributed by atoms with Crippen molar-refractivity contribution in [3.05, 3.63) is 33.6 Å². The predicted molar refractivity (Wildman–Crippen MR) is 115 cm³/mol. The normalized spacial score (nSPS) is 14.7. The summed E-state index contributed by atoms with van der Waals surface area (Å²) in [6.45, 7) is 7.30. The van der Waals surface area contributed by atoms with Crippen LogP contribution in [0.15, 0.2) is 28.2 Å². The number of hydrogen-bond donors (Lipinski definition) is 0. The van der Waals surface area contributed by atoms with Crippen LogP contribution in [0.5, 0.6) is 0 Å². The van der Waals surface area contributed by atoms with Gasteiger partial charge in [0.1, 0.15) is 0 Å². The molecule has 7 nitrogen and oxygen atoms in total. The largest absolute Gasteiger partial charge is 0.379 e. The maximum Gasteiger partial charge on any atom is 0.262 e. The highest BCUT2D eigenvalue weighted by atomic mass is 35.5. The number of ether oxygens (including phenoxy) is 2. The van der Waals surface area contributed by atoms with Gasteiger partial charge in [0, 0.05) is 31.3 Å². The molecule has 1 amide bonds. The van der Waals surface area contributed by atoms with Gasteiger partial charge in [0.25, 0.3) is 5.56 Å². The molecule has 0 atom stereocenters. The molecule has 0 radical (unpaired) electrons. The Balaban J connectivity index is 1.81. The molecule has 1 saturated heterocycles. The Morgan fingerprint density at radius 2 is 2.10 bits per heavy atom. The van der Waals surface area contributed by atoms with Crippen molar-refractivity contribution in [2.24, 2.45) is 0 Å². The van der Waals surface area contributed by atoms with E-state index in [2.05, 4.69) is 4.98 Å². The molecule has 1 fully saturated rings. The third-order valence-electron chi connectivity index (χ3n) is 4.55. The Morgan fingerprint density at radius 1 is 1.34 bits per heavy atom. The minimum Gasteiger partial charge on any atom is -0.379 e. The summed E-state index contributed by atoms with van der Waals surface area (Å²) in [6, 6.07) is 5.06. The molecule has 0 unspecified atom stereocenters. The van der Waals surface area contributed by atoms with Gasteiger partial charge in [-0.3, -0.25) is 14.2 Å². The van der Waals surface area contributed by atoms with E-state index in [0.29, 0.717) is 67.0 Å². The van der Waals surface area contributed by atoms with Crippen LogP contribution in [-0.4, -0.2) is 65.1 Å². The Labute approximate surface area is 179 Å². The second-order valence-corrected chi connectivity index (χ2v) is 8.45. The topological polar surface area (TPSA) is 73.7 Å². The molecule has 0 saturated carbocycles. The zero-order chi connectivity index (χ0) is 20.8. The van der Waals surface area contributed by atoms with Crippen LogP contribution in [-0.2, 0) is 20.8 Å². The molecule has 1 aromatic heterocycles. The SMILES string of the molecule is CC(C)OCCCn1c(SCC(=O)N2CCOCC2)nc2cc(Cl)ccc2c1=O. The molecule has 0 spiro atoms. The molecule has 2 heterocycles. The molecule has 2 aromatic rings. The zero-order valence-corrected chi connectivity index (χ0v) is 18.3. The predicted octanol–water partition coefficient (Wildman–Crippen LogP) is 2.82. The summed E-state index contributed by atoms with van der Waals surface area (Å²) in [4.78, 5) is 32.0. The van der Waals surface area contributed by atoms with Crippen LogP contribution in [0.4, 0.5) is 0 Å². The van der Waals surface area contributed by atoms with Crippen molar-refractivity contribution in [2.75, 3.05) is 38.7 Å². The summed E-state index contributed by atoms with van der Waals surface area (Å²) >= 11 is 7.36. The Bertz CT molecular complexity index is 912. The van der Waals surface area contributed by atoms with E-state index in [1.807, 2.05) is 13.8 Å².